The summed E-state index contributed by atoms with van der Waals surface area (Å²) in [6, 6.07) is 17.8. The molecule has 0 bridgehead atoms. The van der Waals surface area contributed by atoms with E-state index in [4.69, 9.17) is 65.9 Å². The first-order valence-corrected chi connectivity index (χ1v) is 60.6. The minimum Gasteiger partial charge on any atom is -0.481 e. The van der Waals surface area contributed by atoms with Gasteiger partial charge in [-0.05, 0) is 175 Å². The lowest BCUT2D eigenvalue weighted by Gasteiger charge is -2.42. The summed E-state index contributed by atoms with van der Waals surface area (Å²) in [5, 5.41) is 32.5. The van der Waals surface area contributed by atoms with Crippen molar-refractivity contribution in [2.24, 2.45) is 35.5 Å². The SMILES string of the molecule is C.C=C[C@@H](CO[Si](C)(C)C(C)(C)C)[C@@H](CO[Si](OC)(c1ccccc1)C(C)(C)C)NC(=O)OC(C)(C)C.CC(C)(C)OC(=O)N[C@@H]1CNC(=O)CC1CO[Si](C)(C)C(C)(C)C.CC(C)(C)OC(=O)N[C@@H]1CNC(=O)C[C@H]1C(=O)O.CC(C)(C)OC(=O)N[C@@H]1CNC(=O)C[C@H]1C=O.CC(C)C.COC(=O)CC(CO[Si](C)(C)C(C)(C)C)[C@@H](CO[Si](OC)(c1ccccc1)C(C)(C)C)NC(=O)OC(C)(C)C.[2H]CF. The van der Waals surface area contributed by atoms with Crippen molar-refractivity contribution in [2.75, 3.05) is 81.2 Å². The van der Waals surface area contributed by atoms with Gasteiger partial charge in [-0.2, -0.15) is 0 Å². The molecule has 2 aromatic rings. The van der Waals surface area contributed by atoms with Crippen LogP contribution < -0.4 is 52.9 Å². The number of aliphatic carboxylic acids is 1. The summed E-state index contributed by atoms with van der Waals surface area (Å²) < 4.78 is 92.4. The number of carboxylic acids is 1. The Balaban J connectivity index is -0.00000172. The first-order chi connectivity index (χ1) is 63.8. The number of methoxy groups -OCH3 is 1. The Morgan fingerprint density at radius 3 is 1.11 bits per heavy atom. The van der Waals surface area contributed by atoms with Crippen LogP contribution in [0.1, 0.15) is 263 Å². The summed E-state index contributed by atoms with van der Waals surface area (Å²) in [4.78, 5) is 129. The van der Waals surface area contributed by atoms with Crippen LogP contribution >= 0.6 is 0 Å². The maximum absolute atomic E-state index is 13.0. The molecule has 3 aliphatic heterocycles. The lowest BCUT2D eigenvalue weighted by Crippen LogP contribution is -2.62. The monoisotopic (exact) mass is 2090 g/mol. The van der Waals surface area contributed by atoms with E-state index in [1.807, 2.05) is 117 Å². The molecule has 39 heteroatoms. The van der Waals surface area contributed by atoms with Crippen LogP contribution in [0.4, 0.5) is 28.4 Å². The van der Waals surface area contributed by atoms with E-state index in [0.29, 0.717) is 32.5 Å². The quantitative estimate of drug-likeness (QED) is 0.0111. The number of esters is 1. The number of benzene rings is 2. The van der Waals surface area contributed by atoms with Gasteiger partial charge in [0.05, 0.1) is 71.4 Å². The molecule has 2 aromatic carbocycles. The van der Waals surface area contributed by atoms with Crippen LogP contribution in [0, 0.1) is 35.5 Å². The Hall–Kier alpha value is -7.72. The molecule has 0 aromatic heterocycles. The number of piperidine rings is 3. The van der Waals surface area contributed by atoms with Gasteiger partial charge < -0.3 is 112 Å². The zero-order valence-corrected chi connectivity index (χ0v) is 98.3. The maximum Gasteiger partial charge on any atom is 0.407 e. The lowest BCUT2D eigenvalue weighted by molar-refractivity contribution is -0.146. The third-order valence-corrected chi connectivity index (χ3v) is 45.5. The second kappa shape index (κ2) is 59.2. The molecule has 9 N–H and O–H groups in total. The summed E-state index contributed by atoms with van der Waals surface area (Å²) in [5.74, 6) is -3.21. The van der Waals surface area contributed by atoms with Crippen LogP contribution in [0.5, 0.6) is 0 Å². The highest BCUT2D eigenvalue weighted by Crippen LogP contribution is 2.43. The number of hydrogen-bond donors (Lipinski definition) is 9. The Kier molecular flexibility index (Phi) is 56.8. The van der Waals surface area contributed by atoms with Crippen molar-refractivity contribution in [3.8, 4) is 0 Å². The van der Waals surface area contributed by atoms with Crippen LogP contribution in [-0.2, 0) is 88.2 Å². The van der Waals surface area contributed by atoms with E-state index < -0.39 is 156 Å². The molecule has 0 aliphatic carbocycles. The fourth-order valence-corrected chi connectivity index (χ4v) is 23.2. The molecule has 8 amide bonds. The number of aldehydes is 1. The topological polar surface area (TPSA) is 424 Å². The van der Waals surface area contributed by atoms with Gasteiger partial charge in [-0.3, -0.25) is 28.4 Å². The maximum atomic E-state index is 13.0. The number of alkyl carbamates (subject to hydrolysis) is 5. The molecular formula is C102H191FN8O25Si5. The Morgan fingerprint density at radius 2 is 0.773 bits per heavy atom. The number of rotatable bonds is 31. The fourth-order valence-electron chi connectivity index (χ4n) is 13.1. The normalized spacial score (nSPS) is 19.0. The van der Waals surface area contributed by atoms with Crippen LogP contribution in [0.25, 0.3) is 0 Å². The van der Waals surface area contributed by atoms with E-state index >= 15 is 0 Å². The van der Waals surface area contributed by atoms with E-state index in [1.54, 1.807) is 55.8 Å². The molecule has 33 nitrogen and oxygen atoms in total. The summed E-state index contributed by atoms with van der Waals surface area (Å²) in [6.45, 7) is 85.2. The number of ether oxygens (including phenoxy) is 6. The summed E-state index contributed by atoms with van der Waals surface area (Å²) in [5.41, 5.74) is -3.09. The van der Waals surface area contributed by atoms with Gasteiger partial charge in [0.1, 0.15) is 34.3 Å². The van der Waals surface area contributed by atoms with Crippen molar-refractivity contribution >= 4 is 119 Å². The number of nitrogens with one attached hydrogen (secondary N) is 8. The zero-order valence-electron chi connectivity index (χ0n) is 94.3. The number of hydrogen-bond acceptors (Lipinski definition) is 24. The average molecular weight is 2090 g/mol. The number of carbonyl (C=O) groups is 11. The molecule has 816 valence electrons. The van der Waals surface area contributed by atoms with Crippen LogP contribution in [0.3, 0.4) is 0 Å². The number of halogens is 1. The molecule has 0 saturated carbocycles. The van der Waals surface area contributed by atoms with Crippen LogP contribution in [0.2, 0.25) is 64.5 Å². The minimum absolute atomic E-state index is 0. The predicted molar refractivity (Wildman–Crippen MR) is 569 cm³/mol. The molecule has 5 rings (SSSR count). The van der Waals surface area contributed by atoms with Crippen LogP contribution in [-0.4, -0.2) is 253 Å². The zero-order chi connectivity index (χ0) is 110. The number of amides is 8. The van der Waals surface area contributed by atoms with Crippen molar-refractivity contribution in [2.45, 2.75) is 384 Å². The van der Waals surface area contributed by atoms with Gasteiger partial charge in [0.2, 0.25) is 17.7 Å². The van der Waals surface area contributed by atoms with Crippen molar-refractivity contribution < 1.29 is 123 Å². The molecule has 0 spiro atoms. The lowest BCUT2D eigenvalue weighted by atomic mass is 9.92. The van der Waals surface area contributed by atoms with Gasteiger partial charge in [-0.25, -0.2) is 24.0 Å². The van der Waals surface area contributed by atoms with Gasteiger partial charge in [-0.1, -0.05) is 199 Å². The number of carbonyl (C=O) groups excluding carboxylic acids is 10. The second-order valence-corrected chi connectivity index (χ2v) is 70.1. The highest BCUT2D eigenvalue weighted by atomic mass is 28.4. The smallest absolute Gasteiger partial charge is 0.407 e. The Bertz CT molecular complexity index is 4150. The highest BCUT2D eigenvalue weighted by molar-refractivity contribution is 6.84. The molecule has 141 heavy (non-hydrogen) atoms. The molecular weight excluding hydrogens is 1900 g/mol. The molecule has 12 atom stereocenters. The van der Waals surface area contributed by atoms with E-state index in [9.17, 15) is 57.1 Å². The first-order valence-electron chi connectivity index (χ1n) is 49.0. The number of alkyl halides is 1. The van der Waals surface area contributed by atoms with Gasteiger partial charge in [0, 0.05) is 107 Å². The van der Waals surface area contributed by atoms with Crippen LogP contribution in [0.15, 0.2) is 73.3 Å². The van der Waals surface area contributed by atoms with Gasteiger partial charge >= 0.3 is 59.5 Å². The fraction of sp³-hybridized carbons (Fsp3) is 0.755. The largest absolute Gasteiger partial charge is 0.481 e. The molecule has 3 heterocycles. The van der Waals surface area contributed by atoms with Gasteiger partial charge in [0.25, 0.3) is 0 Å². The van der Waals surface area contributed by atoms with E-state index in [2.05, 4.69) is 225 Å². The standard InChI is InChI=1S/C29H53NO7Si2.C28H51NO5Si2.C17H34N2O4Si.C11H18N2O5.C11H18N2O4.C4H10.CH3F.CH4/c1-27(2,3)37-26(32)30-24(22(19-25(31)33-10)20-35-38(12,13)28(4,5)6)21-36-39(34-11,29(7,8)9)23-17-15-14-16-18-23;1-14-22(20-32-35(12,13)27(5,6)7)24(29-25(30)34-26(2,3)4)21-33-36(31-11,28(8,9)10)23-18-16-15-17-19-23;1-16(2,3)23-15(21)19-13-10-18-14(20)9-12(13)11-22-24(7,8)17(4,5)6;1-11(2,3)18-10(17)13-7-5-12-8(14)4-6(7)9(15)16;1-11(2,3)17-10(16)13-8-5-12-9(15)4-7(8)6-14;1-4(2)3;1-2;/h14-18,22,24H,19-21H2,1-13H3,(H,30,32);14-19,22,24H,1,20-21H2,2-13H3,(H,29,30);12-13H,9-11H2,1-8H3,(H,18,20)(H,19,21);6-7H,4-5H2,1-3H3,(H,12,14)(H,13,17)(H,15,16);6-8H,4-5H2,1-3H3,(H,12,15)(H,13,16);4H,1-3H3;1H3;1H4/t22?,24-,39?;22-,24+,36?;12?,13-;6-,7-;7-,8+;;;/m10110.../s1/i;;;;;;1D;. The predicted octanol–water partition coefficient (Wildman–Crippen LogP) is 18.6. The second-order valence-electron chi connectivity index (χ2n) is 47.7. The summed E-state index contributed by atoms with van der Waals surface area (Å²) >= 11 is 0. The third-order valence-electron chi connectivity index (χ3n) is 23.6. The molecule has 3 aliphatic rings. The van der Waals surface area contributed by atoms with Gasteiger partial charge in [0.15, 0.2) is 25.0 Å². The number of carboxylic acid groups (broad SMARTS) is 1. The summed E-state index contributed by atoms with van der Waals surface area (Å²) in [6.07, 6.45) is 0.108. The molecule has 0 radical (unpaired) electrons. The van der Waals surface area contributed by atoms with Crippen molar-refractivity contribution in [3.05, 3.63) is 73.3 Å². The minimum atomic E-state index is -3.03. The van der Waals surface area contributed by atoms with Crippen molar-refractivity contribution in [1.29, 1.82) is 0 Å². The van der Waals surface area contributed by atoms with Gasteiger partial charge in [-0.15, -0.1) is 6.58 Å². The van der Waals surface area contributed by atoms with E-state index in [-0.39, 0.29) is 126 Å². The average Bonchev–Trinajstić information content (AvgIpc) is 0.772. The van der Waals surface area contributed by atoms with E-state index in [0.717, 1.165) is 16.3 Å². The van der Waals surface area contributed by atoms with E-state index in [1.165, 1.54) is 7.11 Å². The first kappa shape index (κ1) is 135. The summed E-state index contributed by atoms with van der Waals surface area (Å²) in [7, 11) is -8.25. The Morgan fingerprint density at radius 1 is 0.461 bits per heavy atom. The third kappa shape index (κ3) is 52.3. The van der Waals surface area contributed by atoms with Crippen molar-refractivity contribution in [1.82, 2.24) is 42.5 Å². The molecule has 3 fully saturated rings. The molecule has 3 saturated heterocycles. The highest BCUT2D eigenvalue weighted by Gasteiger charge is 2.54. The molecule has 4 unspecified atom stereocenters. The van der Waals surface area contributed by atoms with Crippen molar-refractivity contribution in [3.63, 3.8) is 0 Å². The Labute approximate surface area is 853 Å².